The molecule has 2 aromatic heterocycles. The number of morpholine rings is 1. The maximum absolute atomic E-state index is 12.5. The van der Waals surface area contributed by atoms with Crippen LogP contribution in [0.3, 0.4) is 0 Å². The molecule has 0 bridgehead atoms. The molecule has 5 rings (SSSR count). The van der Waals surface area contributed by atoms with Crippen LogP contribution in [0.2, 0.25) is 0 Å². The molecule has 3 aliphatic heterocycles. The zero-order chi connectivity index (χ0) is 25.1. The highest BCUT2D eigenvalue weighted by Gasteiger charge is 2.35. The first-order valence-corrected chi connectivity index (χ1v) is 12.9. The SMILES string of the molecule is CC(C)(C)OC(=O)N1CCC(N2CCc3c(OCc4cccnc4)nc(N4CCOCC4)nc32)CC1. The van der Waals surface area contributed by atoms with E-state index in [9.17, 15) is 4.79 Å². The van der Waals surface area contributed by atoms with Crippen LogP contribution in [0.15, 0.2) is 24.5 Å². The summed E-state index contributed by atoms with van der Waals surface area (Å²) in [7, 11) is 0. The Bertz CT molecular complexity index is 1050. The summed E-state index contributed by atoms with van der Waals surface area (Å²) in [6.07, 6.45) is 5.94. The fourth-order valence-electron chi connectivity index (χ4n) is 4.94. The normalized spacial score (nSPS) is 18.8. The van der Waals surface area contributed by atoms with Gasteiger partial charge in [0.1, 0.15) is 18.0 Å². The molecule has 3 aliphatic rings. The number of piperidine rings is 1. The van der Waals surface area contributed by atoms with Gasteiger partial charge in [-0.2, -0.15) is 9.97 Å². The van der Waals surface area contributed by atoms with Crippen molar-refractivity contribution in [3.05, 3.63) is 35.7 Å². The van der Waals surface area contributed by atoms with Gasteiger partial charge in [-0.05, 0) is 46.1 Å². The summed E-state index contributed by atoms with van der Waals surface area (Å²) in [5, 5.41) is 0. The number of ether oxygens (including phenoxy) is 3. The molecule has 5 heterocycles. The molecule has 0 unspecified atom stereocenters. The van der Waals surface area contributed by atoms with Gasteiger partial charge in [0, 0.05) is 56.7 Å². The lowest BCUT2D eigenvalue weighted by molar-refractivity contribution is 0.0205. The van der Waals surface area contributed by atoms with Crippen LogP contribution in [0, 0.1) is 0 Å². The van der Waals surface area contributed by atoms with Crippen molar-refractivity contribution >= 4 is 17.9 Å². The van der Waals surface area contributed by atoms with E-state index in [0.717, 1.165) is 55.8 Å². The first-order chi connectivity index (χ1) is 17.4. The number of fused-ring (bicyclic) bond motifs is 1. The lowest BCUT2D eigenvalue weighted by Gasteiger charge is -2.38. The van der Waals surface area contributed by atoms with E-state index in [2.05, 4.69) is 14.8 Å². The van der Waals surface area contributed by atoms with Crippen LogP contribution in [-0.4, -0.2) is 83.5 Å². The summed E-state index contributed by atoms with van der Waals surface area (Å²) in [6, 6.07) is 4.22. The highest BCUT2D eigenvalue weighted by atomic mass is 16.6. The zero-order valence-electron chi connectivity index (χ0n) is 21.5. The van der Waals surface area contributed by atoms with Gasteiger partial charge < -0.3 is 28.9 Å². The molecule has 1 amide bonds. The minimum absolute atomic E-state index is 0.231. The number of rotatable bonds is 5. The van der Waals surface area contributed by atoms with Crippen molar-refractivity contribution in [2.45, 2.75) is 58.3 Å². The molecule has 10 heteroatoms. The summed E-state index contributed by atoms with van der Waals surface area (Å²) < 4.78 is 17.4. The van der Waals surface area contributed by atoms with Crippen molar-refractivity contribution in [3.8, 4) is 5.88 Å². The third kappa shape index (κ3) is 5.64. The van der Waals surface area contributed by atoms with E-state index in [1.54, 1.807) is 6.20 Å². The third-order valence-electron chi connectivity index (χ3n) is 6.76. The van der Waals surface area contributed by atoms with Crippen LogP contribution >= 0.6 is 0 Å². The number of aromatic nitrogens is 3. The molecule has 10 nitrogen and oxygen atoms in total. The minimum Gasteiger partial charge on any atom is -0.472 e. The molecule has 2 saturated heterocycles. The number of carbonyl (C=O) groups is 1. The highest BCUT2D eigenvalue weighted by Crippen LogP contribution is 2.37. The smallest absolute Gasteiger partial charge is 0.410 e. The highest BCUT2D eigenvalue weighted by molar-refractivity contribution is 5.68. The number of anilines is 2. The van der Waals surface area contributed by atoms with Gasteiger partial charge in [-0.1, -0.05) is 6.07 Å². The Kier molecular flexibility index (Phi) is 7.13. The van der Waals surface area contributed by atoms with Crippen molar-refractivity contribution in [2.75, 3.05) is 55.7 Å². The van der Waals surface area contributed by atoms with Crippen molar-refractivity contribution in [1.82, 2.24) is 19.9 Å². The van der Waals surface area contributed by atoms with Gasteiger partial charge >= 0.3 is 6.09 Å². The molecule has 194 valence electrons. The molecule has 36 heavy (non-hydrogen) atoms. The minimum atomic E-state index is -0.485. The molecule has 2 aromatic rings. The Labute approximate surface area is 212 Å². The molecular weight excluding hydrogens is 460 g/mol. The van der Waals surface area contributed by atoms with E-state index in [1.165, 1.54) is 0 Å². The predicted octanol–water partition coefficient (Wildman–Crippen LogP) is 3.05. The molecule has 0 saturated carbocycles. The Morgan fingerprint density at radius 2 is 1.89 bits per heavy atom. The van der Waals surface area contributed by atoms with Crippen molar-refractivity contribution in [2.24, 2.45) is 0 Å². The Morgan fingerprint density at radius 1 is 1.11 bits per heavy atom. The Morgan fingerprint density at radius 3 is 2.58 bits per heavy atom. The summed E-state index contributed by atoms with van der Waals surface area (Å²) in [5.74, 6) is 2.30. The predicted molar refractivity (Wildman–Crippen MR) is 136 cm³/mol. The van der Waals surface area contributed by atoms with Crippen molar-refractivity contribution in [1.29, 1.82) is 0 Å². The molecule has 0 N–H and O–H groups in total. The number of hydrogen-bond acceptors (Lipinski definition) is 9. The van der Waals surface area contributed by atoms with Gasteiger partial charge in [0.25, 0.3) is 0 Å². The molecule has 0 aromatic carbocycles. The first-order valence-electron chi connectivity index (χ1n) is 12.9. The van der Waals surface area contributed by atoms with Gasteiger partial charge in [0.05, 0.1) is 18.8 Å². The van der Waals surface area contributed by atoms with Gasteiger partial charge in [-0.3, -0.25) is 4.98 Å². The lowest BCUT2D eigenvalue weighted by Crippen LogP contribution is -2.48. The van der Waals surface area contributed by atoms with Crippen LogP contribution in [0.25, 0.3) is 0 Å². The topological polar surface area (TPSA) is 93.2 Å². The van der Waals surface area contributed by atoms with E-state index in [1.807, 2.05) is 44.0 Å². The van der Waals surface area contributed by atoms with Crippen LogP contribution in [-0.2, 0) is 22.5 Å². The largest absolute Gasteiger partial charge is 0.472 e. The summed E-state index contributed by atoms with van der Waals surface area (Å²) in [5.41, 5.74) is 1.58. The summed E-state index contributed by atoms with van der Waals surface area (Å²) in [4.78, 5) is 33.0. The van der Waals surface area contributed by atoms with Crippen LogP contribution in [0.4, 0.5) is 16.6 Å². The Hall–Kier alpha value is -3.14. The Balaban J connectivity index is 1.34. The molecular formula is C26H36N6O4. The van der Waals surface area contributed by atoms with Gasteiger partial charge in [-0.25, -0.2) is 4.79 Å². The number of likely N-dealkylation sites (tertiary alicyclic amines) is 1. The van der Waals surface area contributed by atoms with E-state index >= 15 is 0 Å². The average molecular weight is 497 g/mol. The maximum atomic E-state index is 12.5. The van der Waals surface area contributed by atoms with Crippen LogP contribution < -0.4 is 14.5 Å². The van der Waals surface area contributed by atoms with E-state index in [4.69, 9.17) is 24.2 Å². The van der Waals surface area contributed by atoms with E-state index < -0.39 is 5.60 Å². The lowest BCUT2D eigenvalue weighted by atomic mass is 10.0. The zero-order valence-corrected chi connectivity index (χ0v) is 21.5. The molecule has 2 fully saturated rings. The number of amides is 1. The number of pyridine rings is 1. The fourth-order valence-corrected chi connectivity index (χ4v) is 4.94. The van der Waals surface area contributed by atoms with Crippen molar-refractivity contribution in [3.63, 3.8) is 0 Å². The van der Waals surface area contributed by atoms with Crippen molar-refractivity contribution < 1.29 is 19.0 Å². The molecule has 0 radical (unpaired) electrons. The second kappa shape index (κ2) is 10.5. The maximum Gasteiger partial charge on any atom is 0.410 e. The average Bonchev–Trinajstić information content (AvgIpc) is 3.32. The van der Waals surface area contributed by atoms with E-state index in [0.29, 0.717) is 50.8 Å². The standard InChI is InChI=1S/C26H36N6O4/c1-26(2,3)36-25(33)31-10-6-20(7-11-31)32-12-8-21-22(32)28-24(30-13-15-34-16-14-30)29-23(21)35-18-19-5-4-9-27-17-19/h4-5,9,17,20H,6-8,10-16,18H2,1-3H3. The van der Waals surface area contributed by atoms with Gasteiger partial charge in [0.2, 0.25) is 11.8 Å². The third-order valence-corrected chi connectivity index (χ3v) is 6.76. The number of hydrogen-bond donors (Lipinski definition) is 0. The van der Waals surface area contributed by atoms with Crippen LogP contribution in [0.1, 0.15) is 44.7 Å². The van der Waals surface area contributed by atoms with Crippen LogP contribution in [0.5, 0.6) is 5.88 Å². The first kappa shape index (κ1) is 24.5. The summed E-state index contributed by atoms with van der Waals surface area (Å²) in [6.45, 7) is 11.2. The fraction of sp³-hybridized carbons (Fsp3) is 0.615. The quantitative estimate of drug-likeness (QED) is 0.619. The van der Waals surface area contributed by atoms with Gasteiger partial charge in [-0.15, -0.1) is 0 Å². The summed E-state index contributed by atoms with van der Waals surface area (Å²) >= 11 is 0. The van der Waals surface area contributed by atoms with E-state index in [-0.39, 0.29) is 6.09 Å². The molecule has 0 spiro atoms. The second-order valence-electron chi connectivity index (χ2n) is 10.5. The van der Waals surface area contributed by atoms with Gasteiger partial charge in [0.15, 0.2) is 0 Å². The number of nitrogens with zero attached hydrogens (tertiary/aromatic N) is 6. The molecule has 0 atom stereocenters. The number of carbonyl (C=O) groups excluding carboxylic acids is 1. The monoisotopic (exact) mass is 496 g/mol. The second-order valence-corrected chi connectivity index (χ2v) is 10.5. The molecule has 0 aliphatic carbocycles.